The number of fused-ring (bicyclic) bond motifs is 1. The van der Waals surface area contributed by atoms with Crippen LogP contribution in [0.3, 0.4) is 0 Å². The quantitative estimate of drug-likeness (QED) is 0.934. The van der Waals surface area contributed by atoms with Crippen molar-refractivity contribution in [2.75, 3.05) is 7.11 Å². The molecule has 2 heterocycles. The van der Waals surface area contributed by atoms with Gasteiger partial charge in [0.2, 0.25) is 0 Å². The van der Waals surface area contributed by atoms with E-state index in [4.69, 9.17) is 15.6 Å². The highest BCUT2D eigenvalue weighted by atomic mass is 16.5. The van der Waals surface area contributed by atoms with Crippen molar-refractivity contribution < 1.29 is 9.53 Å². The Bertz CT molecular complexity index is 760. The van der Waals surface area contributed by atoms with E-state index < -0.39 is 5.91 Å². The van der Waals surface area contributed by atoms with Crippen LogP contribution in [0.5, 0.6) is 0 Å². The molecule has 1 amide bonds. The second-order valence-corrected chi connectivity index (χ2v) is 6.96. The molecular weight excluding hydrogens is 304 g/mol. The summed E-state index contributed by atoms with van der Waals surface area (Å²) in [4.78, 5) is 16.6. The molecule has 2 aromatic heterocycles. The second kappa shape index (κ2) is 6.51. The van der Waals surface area contributed by atoms with Crippen LogP contribution < -0.4 is 5.73 Å². The van der Waals surface area contributed by atoms with Crippen molar-refractivity contribution in [1.29, 1.82) is 0 Å². The number of primary amides is 1. The first kappa shape index (κ1) is 16.9. The molecule has 6 nitrogen and oxygen atoms in total. The van der Waals surface area contributed by atoms with Crippen LogP contribution in [-0.2, 0) is 4.74 Å². The highest BCUT2D eigenvalue weighted by Gasteiger charge is 2.31. The minimum atomic E-state index is -0.449. The van der Waals surface area contributed by atoms with Crippen LogP contribution in [0.25, 0.3) is 5.65 Å². The molecule has 24 heavy (non-hydrogen) atoms. The summed E-state index contributed by atoms with van der Waals surface area (Å²) in [5, 5.41) is 4.71. The van der Waals surface area contributed by atoms with Crippen LogP contribution in [0, 0.1) is 19.8 Å². The Morgan fingerprint density at radius 2 is 2.00 bits per heavy atom. The average molecular weight is 330 g/mol. The van der Waals surface area contributed by atoms with Gasteiger partial charge in [-0.05, 0) is 51.5 Å². The number of nitrogens with two attached hydrogens (primary N) is 1. The molecule has 130 valence electrons. The average Bonchev–Trinajstić information content (AvgIpc) is 2.94. The number of carbonyl (C=O) groups is 1. The lowest BCUT2D eigenvalue weighted by Gasteiger charge is -2.31. The van der Waals surface area contributed by atoms with E-state index in [1.165, 1.54) is 0 Å². The van der Waals surface area contributed by atoms with Gasteiger partial charge in [0.1, 0.15) is 5.56 Å². The molecule has 0 aromatic carbocycles. The van der Waals surface area contributed by atoms with E-state index in [0.29, 0.717) is 23.2 Å². The maximum absolute atomic E-state index is 12.1. The lowest BCUT2D eigenvalue weighted by molar-refractivity contribution is 0.0531. The van der Waals surface area contributed by atoms with Gasteiger partial charge in [0, 0.05) is 24.4 Å². The molecule has 0 unspecified atom stereocenters. The van der Waals surface area contributed by atoms with E-state index in [2.05, 4.69) is 11.9 Å². The minimum Gasteiger partial charge on any atom is -0.381 e. The fraction of sp³-hybridized carbons (Fsp3) is 0.611. The Morgan fingerprint density at radius 3 is 2.58 bits per heavy atom. The van der Waals surface area contributed by atoms with Gasteiger partial charge in [-0.25, -0.2) is 9.50 Å². The summed E-state index contributed by atoms with van der Waals surface area (Å²) >= 11 is 0. The fourth-order valence-electron chi connectivity index (χ4n) is 3.94. The van der Waals surface area contributed by atoms with Crippen molar-refractivity contribution in [3.05, 3.63) is 28.7 Å². The van der Waals surface area contributed by atoms with Crippen molar-refractivity contribution in [2.45, 2.75) is 58.5 Å². The highest BCUT2D eigenvalue weighted by molar-refractivity contribution is 6.00. The molecule has 0 radical (unpaired) electrons. The largest absolute Gasteiger partial charge is 0.381 e. The molecule has 6 heteroatoms. The minimum absolute atomic E-state index is 0.173. The van der Waals surface area contributed by atoms with E-state index in [0.717, 1.165) is 42.8 Å². The van der Waals surface area contributed by atoms with Gasteiger partial charge in [0.25, 0.3) is 5.91 Å². The Labute approximate surface area is 142 Å². The Morgan fingerprint density at radius 1 is 1.33 bits per heavy atom. The predicted molar refractivity (Wildman–Crippen MR) is 92.1 cm³/mol. The Balaban J connectivity index is 2.01. The zero-order chi connectivity index (χ0) is 17.4. The first-order valence-electron chi connectivity index (χ1n) is 8.61. The van der Waals surface area contributed by atoms with Gasteiger partial charge in [-0.15, -0.1) is 0 Å². The third kappa shape index (κ3) is 2.90. The zero-order valence-corrected chi connectivity index (χ0v) is 14.9. The summed E-state index contributed by atoms with van der Waals surface area (Å²) in [6, 6.07) is 1.96. The number of hydrogen-bond acceptors (Lipinski definition) is 4. The first-order chi connectivity index (χ1) is 11.4. The van der Waals surface area contributed by atoms with Crippen molar-refractivity contribution in [3.8, 4) is 0 Å². The van der Waals surface area contributed by atoms with Crippen LogP contribution in [0.15, 0.2) is 6.07 Å². The fourth-order valence-corrected chi connectivity index (χ4v) is 3.94. The van der Waals surface area contributed by atoms with E-state index >= 15 is 0 Å². The SMILES string of the molecule is COC1CCC([C@@H](C)c2nn3c(C)cc(C)nc3c2C(N)=O)CC1. The van der Waals surface area contributed by atoms with Gasteiger partial charge in [-0.1, -0.05) is 6.92 Å². The van der Waals surface area contributed by atoms with Gasteiger partial charge in [-0.3, -0.25) is 4.79 Å². The van der Waals surface area contributed by atoms with Gasteiger partial charge in [-0.2, -0.15) is 5.10 Å². The summed E-state index contributed by atoms with van der Waals surface area (Å²) in [6.45, 7) is 6.03. The standard InChI is InChI=1S/C18H26N4O2/c1-10-9-11(2)22-18(20-10)15(17(19)23)16(21-22)12(3)13-5-7-14(24-4)8-6-13/h9,12-14H,5-8H2,1-4H3,(H2,19,23)/t12-,13?,14?/m1/s1. The molecular formula is C18H26N4O2. The monoisotopic (exact) mass is 330 g/mol. The number of aryl methyl sites for hydroxylation is 2. The van der Waals surface area contributed by atoms with Crippen molar-refractivity contribution in [1.82, 2.24) is 14.6 Å². The van der Waals surface area contributed by atoms with Crippen LogP contribution in [0.4, 0.5) is 0 Å². The lowest BCUT2D eigenvalue weighted by atomic mass is 9.77. The van der Waals surface area contributed by atoms with Crippen molar-refractivity contribution >= 4 is 11.6 Å². The molecule has 3 rings (SSSR count). The van der Waals surface area contributed by atoms with Gasteiger partial charge < -0.3 is 10.5 Å². The molecule has 0 saturated heterocycles. The molecule has 1 fully saturated rings. The molecule has 1 atom stereocenters. The molecule has 1 aliphatic rings. The number of ether oxygens (including phenoxy) is 1. The van der Waals surface area contributed by atoms with Gasteiger partial charge in [0.05, 0.1) is 11.8 Å². The molecule has 1 saturated carbocycles. The third-order valence-corrected chi connectivity index (χ3v) is 5.36. The smallest absolute Gasteiger partial charge is 0.254 e. The predicted octanol–water partition coefficient (Wildman–Crippen LogP) is 2.75. The lowest BCUT2D eigenvalue weighted by Crippen LogP contribution is -2.25. The maximum atomic E-state index is 12.1. The number of rotatable bonds is 4. The molecule has 0 spiro atoms. The highest BCUT2D eigenvalue weighted by Crippen LogP contribution is 2.37. The number of aromatic nitrogens is 3. The summed E-state index contributed by atoms with van der Waals surface area (Å²) in [6.07, 6.45) is 4.63. The van der Waals surface area contributed by atoms with Crippen LogP contribution in [0.1, 0.15) is 66.0 Å². The van der Waals surface area contributed by atoms with E-state index in [1.807, 2.05) is 19.9 Å². The zero-order valence-electron chi connectivity index (χ0n) is 14.9. The third-order valence-electron chi connectivity index (χ3n) is 5.36. The van der Waals surface area contributed by atoms with Crippen LogP contribution >= 0.6 is 0 Å². The number of amides is 1. The number of nitrogens with zero attached hydrogens (tertiary/aromatic N) is 3. The molecule has 1 aliphatic carbocycles. The Hall–Kier alpha value is -1.95. The topological polar surface area (TPSA) is 82.5 Å². The first-order valence-corrected chi connectivity index (χ1v) is 8.61. The molecule has 2 N–H and O–H groups in total. The summed E-state index contributed by atoms with van der Waals surface area (Å²) in [7, 11) is 1.78. The van der Waals surface area contributed by atoms with Crippen molar-refractivity contribution in [2.24, 2.45) is 11.7 Å². The van der Waals surface area contributed by atoms with Crippen molar-refractivity contribution in [3.63, 3.8) is 0 Å². The molecule has 0 bridgehead atoms. The summed E-state index contributed by atoms with van der Waals surface area (Å²) in [5.41, 5.74) is 9.34. The summed E-state index contributed by atoms with van der Waals surface area (Å²) in [5.74, 6) is 0.211. The van der Waals surface area contributed by atoms with E-state index in [9.17, 15) is 4.79 Å². The normalized spacial score (nSPS) is 22.7. The van der Waals surface area contributed by atoms with E-state index in [1.54, 1.807) is 11.6 Å². The van der Waals surface area contributed by atoms with Gasteiger partial charge >= 0.3 is 0 Å². The summed E-state index contributed by atoms with van der Waals surface area (Å²) < 4.78 is 7.21. The van der Waals surface area contributed by atoms with Gasteiger partial charge in [0.15, 0.2) is 5.65 Å². The Kier molecular flexibility index (Phi) is 4.58. The van der Waals surface area contributed by atoms with Crippen LogP contribution in [-0.4, -0.2) is 33.7 Å². The number of methoxy groups -OCH3 is 1. The number of carbonyl (C=O) groups excluding carboxylic acids is 1. The van der Waals surface area contributed by atoms with E-state index in [-0.39, 0.29) is 5.92 Å². The van der Waals surface area contributed by atoms with Crippen LogP contribution in [0.2, 0.25) is 0 Å². The maximum Gasteiger partial charge on any atom is 0.254 e. The molecule has 0 aliphatic heterocycles. The molecule has 2 aromatic rings. The number of hydrogen-bond donors (Lipinski definition) is 1. The second-order valence-electron chi connectivity index (χ2n) is 6.96.